The van der Waals surface area contributed by atoms with Gasteiger partial charge in [-0.1, -0.05) is 18.2 Å². The molecule has 2 fully saturated rings. The number of piperidine rings is 1. The molecule has 1 atom stereocenters. The zero-order chi connectivity index (χ0) is 29.0. The van der Waals surface area contributed by atoms with Crippen LogP contribution < -0.4 is 10.1 Å². The summed E-state index contributed by atoms with van der Waals surface area (Å²) in [6.45, 7) is -0.0588. The molecule has 5 rings (SSSR count). The molecule has 0 unspecified atom stereocenters. The van der Waals surface area contributed by atoms with E-state index in [0.717, 1.165) is 4.90 Å². The molecule has 34 heavy (non-hydrogen) atoms. The van der Waals surface area contributed by atoms with Gasteiger partial charge in [-0.15, -0.1) is 0 Å². The van der Waals surface area contributed by atoms with Crippen molar-refractivity contribution < 1.29 is 36.5 Å². The van der Waals surface area contributed by atoms with Crippen LogP contribution in [0.25, 0.3) is 0 Å². The van der Waals surface area contributed by atoms with Crippen molar-refractivity contribution >= 4 is 17.7 Å². The van der Waals surface area contributed by atoms with Gasteiger partial charge in [0.1, 0.15) is 24.2 Å². The number of hydrogen-bond donors (Lipinski definition) is 1. The molecule has 3 heterocycles. The van der Waals surface area contributed by atoms with E-state index in [-0.39, 0.29) is 22.4 Å². The first-order valence-corrected chi connectivity index (χ1v) is 10.8. The molecule has 2 aromatic rings. The van der Waals surface area contributed by atoms with Crippen molar-refractivity contribution in [3.8, 4) is 5.75 Å². The largest absolute Gasteiger partial charge is 0.488 e. The van der Waals surface area contributed by atoms with Crippen LogP contribution in [0.4, 0.5) is 4.39 Å². The molecule has 8 nitrogen and oxygen atoms in total. The van der Waals surface area contributed by atoms with Crippen molar-refractivity contribution in [3.05, 3.63) is 64.5 Å². The van der Waals surface area contributed by atoms with Crippen molar-refractivity contribution in [1.82, 2.24) is 15.1 Å². The molecule has 2 saturated heterocycles. The van der Waals surface area contributed by atoms with E-state index >= 15 is 4.39 Å². The summed E-state index contributed by atoms with van der Waals surface area (Å²) in [6.07, 6.45) is -6.17. The summed E-state index contributed by atoms with van der Waals surface area (Å²) < 4.78 is 75.1. The molecular weight excluding hydrogens is 441 g/mol. The molecule has 3 aliphatic rings. The van der Waals surface area contributed by atoms with E-state index in [2.05, 4.69) is 4.90 Å². The molecular formula is C25H26FN3O5. The molecule has 0 spiro atoms. The molecule has 3 amide bonds. The van der Waals surface area contributed by atoms with Gasteiger partial charge in [0.2, 0.25) is 11.8 Å². The summed E-state index contributed by atoms with van der Waals surface area (Å²) in [5, 5.41) is 1.78. The Morgan fingerprint density at radius 2 is 2.03 bits per heavy atom. The number of carbonyl (C=O) groups excluding carboxylic acids is 3. The summed E-state index contributed by atoms with van der Waals surface area (Å²) in [4.78, 5) is 40.6. The van der Waals surface area contributed by atoms with Crippen molar-refractivity contribution in [2.75, 3.05) is 26.3 Å². The molecule has 1 N–H and O–H groups in total. The highest BCUT2D eigenvalue weighted by atomic mass is 19.1. The Kier molecular flexibility index (Phi) is 4.58. The van der Waals surface area contributed by atoms with Crippen LogP contribution in [0.15, 0.2) is 36.4 Å². The van der Waals surface area contributed by atoms with Crippen molar-refractivity contribution in [3.63, 3.8) is 0 Å². The average Bonchev–Trinajstić information content (AvgIpc) is 3.20. The van der Waals surface area contributed by atoms with Gasteiger partial charge in [0.15, 0.2) is 0 Å². The minimum atomic E-state index is -3.11. The monoisotopic (exact) mass is 473 g/mol. The Balaban J connectivity index is 1.39. The first-order chi connectivity index (χ1) is 18.7. The third-order valence-corrected chi connectivity index (χ3v) is 5.89. The van der Waals surface area contributed by atoms with E-state index in [1.54, 1.807) is 11.4 Å². The van der Waals surface area contributed by atoms with E-state index in [4.69, 9.17) is 17.7 Å². The lowest BCUT2D eigenvalue weighted by Gasteiger charge is -2.29. The standard InChI is InChI=1S/C25H26FN3O5/c26-20-12-16(13-28-8-10-33-11-9-28)4-5-17(20)15-34-22-3-1-2-18-19(22)14-29(25(18)32)21-6-7-23(30)27-24(21)31/h1-5,12,21H,6-11,13-15H2,(H,27,30,31)/t21-/m1/s1/i6D2,7D2,15D2. The summed E-state index contributed by atoms with van der Waals surface area (Å²) >= 11 is 0. The number of rotatable bonds is 6. The quantitative estimate of drug-likeness (QED) is 0.646. The fourth-order valence-corrected chi connectivity index (χ4v) is 4.13. The number of morpholine rings is 1. The number of benzene rings is 2. The number of carbonyl (C=O) groups is 3. The smallest absolute Gasteiger partial charge is 0.255 e. The Bertz CT molecular complexity index is 1380. The lowest BCUT2D eigenvalue weighted by molar-refractivity contribution is -0.136. The first kappa shape index (κ1) is 16.3. The van der Waals surface area contributed by atoms with Gasteiger partial charge in [-0.3, -0.25) is 24.6 Å². The molecule has 0 saturated carbocycles. The molecule has 2 aromatic carbocycles. The molecule has 3 aliphatic heterocycles. The predicted octanol–water partition coefficient (Wildman–Crippen LogP) is 2.00. The number of ether oxygens (including phenoxy) is 2. The SMILES string of the molecule is [2H]C([2H])(Oc1cccc2c1CN([C@H]1C(=O)NC(=O)C([2H])([2H])C1([2H])[2H])C2=O)c1ccc(CN2CCOCC2)cc1F. The lowest BCUT2D eigenvalue weighted by atomic mass is 10.0. The van der Waals surface area contributed by atoms with E-state index < -0.39 is 55.4 Å². The number of fused-ring (bicyclic) bond motifs is 1. The second-order valence-corrected chi connectivity index (χ2v) is 8.11. The first-order valence-electron chi connectivity index (χ1n) is 13.8. The number of amides is 3. The number of halogens is 1. The van der Waals surface area contributed by atoms with Crippen LogP contribution in [0.5, 0.6) is 5.75 Å². The predicted molar refractivity (Wildman–Crippen MR) is 119 cm³/mol. The number of hydrogen-bond acceptors (Lipinski definition) is 6. The highest BCUT2D eigenvalue weighted by molar-refractivity contribution is 6.05. The Morgan fingerprint density at radius 1 is 1.21 bits per heavy atom. The summed E-state index contributed by atoms with van der Waals surface area (Å²) in [5.41, 5.74) is 0.378. The summed E-state index contributed by atoms with van der Waals surface area (Å²) in [6, 6.07) is 6.28. The maximum Gasteiger partial charge on any atom is 0.255 e. The van der Waals surface area contributed by atoms with Gasteiger partial charge in [0.25, 0.3) is 5.91 Å². The minimum Gasteiger partial charge on any atom is -0.488 e. The van der Waals surface area contributed by atoms with Crippen molar-refractivity contribution in [2.45, 2.75) is 38.4 Å². The zero-order valence-electron chi connectivity index (χ0n) is 24.1. The number of imide groups is 1. The van der Waals surface area contributed by atoms with Gasteiger partial charge >= 0.3 is 0 Å². The van der Waals surface area contributed by atoms with E-state index in [9.17, 15) is 14.4 Å². The molecule has 0 aromatic heterocycles. The molecule has 0 radical (unpaired) electrons. The highest BCUT2D eigenvalue weighted by Crippen LogP contribution is 2.34. The topological polar surface area (TPSA) is 88.2 Å². The Morgan fingerprint density at radius 3 is 2.82 bits per heavy atom. The fourth-order valence-electron chi connectivity index (χ4n) is 4.13. The molecule has 9 heteroatoms. The lowest BCUT2D eigenvalue weighted by Crippen LogP contribution is -2.52. The van der Waals surface area contributed by atoms with Gasteiger partial charge < -0.3 is 14.4 Å². The van der Waals surface area contributed by atoms with Crippen LogP contribution in [0.3, 0.4) is 0 Å². The average molecular weight is 474 g/mol. The second-order valence-electron chi connectivity index (χ2n) is 8.11. The Hall–Kier alpha value is -3.30. The highest BCUT2D eigenvalue weighted by Gasteiger charge is 2.40. The maximum absolute atomic E-state index is 15.1. The van der Waals surface area contributed by atoms with E-state index in [0.29, 0.717) is 38.4 Å². The van der Waals surface area contributed by atoms with Gasteiger partial charge in [0, 0.05) is 48.2 Å². The van der Waals surface area contributed by atoms with Gasteiger partial charge in [-0.05, 0) is 30.1 Å². The number of nitrogens with one attached hydrogen (secondary N) is 1. The maximum atomic E-state index is 15.1. The van der Waals surface area contributed by atoms with Crippen LogP contribution in [-0.2, 0) is 34.0 Å². The number of nitrogens with zero attached hydrogens (tertiary/aromatic N) is 2. The van der Waals surface area contributed by atoms with Crippen LogP contribution in [0.2, 0.25) is 0 Å². The zero-order valence-corrected chi connectivity index (χ0v) is 18.1. The summed E-state index contributed by atoms with van der Waals surface area (Å²) in [5.74, 6) is -4.40. The normalized spacial score (nSPS) is 26.9. The van der Waals surface area contributed by atoms with Gasteiger partial charge in [0.05, 0.1) is 22.5 Å². The molecule has 0 aliphatic carbocycles. The fraction of sp³-hybridized carbons (Fsp3) is 0.400. The minimum absolute atomic E-state index is 0.0179. The van der Waals surface area contributed by atoms with Crippen molar-refractivity contribution in [2.24, 2.45) is 0 Å². The molecule has 0 bridgehead atoms. The third kappa shape index (κ3) is 4.53. The van der Waals surface area contributed by atoms with Crippen LogP contribution >= 0.6 is 0 Å². The van der Waals surface area contributed by atoms with E-state index in [1.807, 2.05) is 0 Å². The second kappa shape index (κ2) is 9.52. The van der Waals surface area contributed by atoms with E-state index in [1.165, 1.54) is 30.3 Å². The Labute approximate surface area is 205 Å². The van der Waals surface area contributed by atoms with Crippen LogP contribution in [-0.4, -0.2) is 59.9 Å². The van der Waals surface area contributed by atoms with Crippen LogP contribution in [0, 0.1) is 5.82 Å². The van der Waals surface area contributed by atoms with Gasteiger partial charge in [-0.2, -0.15) is 0 Å². The van der Waals surface area contributed by atoms with Gasteiger partial charge in [-0.25, -0.2) is 4.39 Å². The summed E-state index contributed by atoms with van der Waals surface area (Å²) in [7, 11) is 0. The van der Waals surface area contributed by atoms with Crippen molar-refractivity contribution in [1.29, 1.82) is 0 Å². The third-order valence-electron chi connectivity index (χ3n) is 5.89. The van der Waals surface area contributed by atoms with Crippen LogP contribution in [0.1, 0.15) is 48.0 Å². The molecule has 178 valence electrons.